The fourth-order valence-electron chi connectivity index (χ4n) is 3.81. The monoisotopic (exact) mass is 335 g/mol. The Morgan fingerprint density at radius 1 is 1.42 bits per heavy atom. The molecule has 0 saturated carbocycles. The Labute approximate surface area is 142 Å². The second kappa shape index (κ2) is 5.92. The molecule has 3 rings (SSSR count). The minimum Gasteiger partial charge on any atom is -0.449 e. The molecule has 6 nitrogen and oxygen atoms in total. The van der Waals surface area contributed by atoms with Gasteiger partial charge in [-0.1, -0.05) is 12.2 Å². The van der Waals surface area contributed by atoms with Crippen molar-refractivity contribution in [2.24, 2.45) is 0 Å². The minimum absolute atomic E-state index is 0.269. The smallest absolute Gasteiger partial charge is 0.410 e. The number of carbonyl (C=O) groups excluding carboxylic acids is 2. The summed E-state index contributed by atoms with van der Waals surface area (Å²) in [5.41, 5.74) is -0.825. The van der Waals surface area contributed by atoms with E-state index in [9.17, 15) is 14.7 Å². The van der Waals surface area contributed by atoms with Crippen molar-refractivity contribution in [2.45, 2.75) is 69.8 Å². The van der Waals surface area contributed by atoms with Gasteiger partial charge >= 0.3 is 12.1 Å². The van der Waals surface area contributed by atoms with E-state index in [2.05, 4.69) is 0 Å². The Kier molecular flexibility index (Phi) is 4.20. The number of aliphatic hydroxyl groups excluding tert-OH is 1. The van der Waals surface area contributed by atoms with Crippen molar-refractivity contribution in [1.82, 2.24) is 4.90 Å². The lowest BCUT2D eigenvalue weighted by Crippen LogP contribution is -2.60. The molecule has 0 aromatic carbocycles. The number of aliphatic hydroxyl groups is 1. The highest BCUT2D eigenvalue weighted by Crippen LogP contribution is 2.44. The molecule has 3 atom stereocenters. The summed E-state index contributed by atoms with van der Waals surface area (Å²) in [5.74, 6) is -0.418. The lowest BCUT2D eigenvalue weighted by Gasteiger charge is -2.47. The fourth-order valence-corrected chi connectivity index (χ4v) is 3.81. The maximum absolute atomic E-state index is 12.7. The first kappa shape index (κ1) is 17.0. The maximum atomic E-state index is 12.7. The van der Waals surface area contributed by atoms with Crippen molar-refractivity contribution in [3.63, 3.8) is 0 Å². The van der Waals surface area contributed by atoms with Gasteiger partial charge in [0.25, 0.3) is 0 Å². The van der Waals surface area contributed by atoms with Crippen molar-refractivity contribution in [3.05, 3.63) is 23.8 Å². The number of esters is 1. The molecule has 0 unspecified atom stereocenters. The van der Waals surface area contributed by atoms with Gasteiger partial charge in [0.15, 0.2) is 5.60 Å². The molecule has 2 heterocycles. The van der Waals surface area contributed by atoms with Crippen LogP contribution < -0.4 is 0 Å². The Balaban J connectivity index is 1.92. The van der Waals surface area contributed by atoms with E-state index in [4.69, 9.17) is 9.47 Å². The number of fused-ring (bicyclic) bond motifs is 1. The molecule has 0 aromatic heterocycles. The van der Waals surface area contributed by atoms with Gasteiger partial charge in [0, 0.05) is 24.6 Å². The average molecular weight is 335 g/mol. The van der Waals surface area contributed by atoms with Crippen LogP contribution in [0.3, 0.4) is 0 Å². The Bertz CT molecular complexity index is 603. The number of carbonyl (C=O) groups is 2. The van der Waals surface area contributed by atoms with Crippen LogP contribution in [0, 0.1) is 0 Å². The number of rotatable bonds is 1. The first-order valence-electron chi connectivity index (χ1n) is 8.52. The molecule has 1 saturated heterocycles. The van der Waals surface area contributed by atoms with Gasteiger partial charge in [0.2, 0.25) is 0 Å². The lowest BCUT2D eigenvalue weighted by molar-refractivity contribution is -0.156. The van der Waals surface area contributed by atoms with Gasteiger partial charge in [-0.15, -0.1) is 0 Å². The molecule has 1 aliphatic carbocycles. The molecule has 132 valence electrons. The Morgan fingerprint density at radius 2 is 2.17 bits per heavy atom. The second-order valence-corrected chi connectivity index (χ2v) is 7.73. The van der Waals surface area contributed by atoms with Crippen LogP contribution in [0.25, 0.3) is 0 Å². The summed E-state index contributed by atoms with van der Waals surface area (Å²) in [5, 5.41) is 10.1. The zero-order chi connectivity index (χ0) is 17.5. The largest absolute Gasteiger partial charge is 0.449 e. The quantitative estimate of drug-likeness (QED) is 0.744. The average Bonchev–Trinajstić information content (AvgIpc) is 2.81. The highest BCUT2D eigenvalue weighted by atomic mass is 16.6. The normalized spacial score (nSPS) is 32.9. The topological polar surface area (TPSA) is 76.1 Å². The summed E-state index contributed by atoms with van der Waals surface area (Å²) in [7, 11) is 0. The van der Waals surface area contributed by atoms with Gasteiger partial charge in [-0.3, -0.25) is 0 Å². The molecule has 1 fully saturated rings. The van der Waals surface area contributed by atoms with Crippen LogP contribution in [0.5, 0.6) is 0 Å². The molecule has 1 amide bonds. The van der Waals surface area contributed by atoms with Gasteiger partial charge in [-0.2, -0.15) is 0 Å². The van der Waals surface area contributed by atoms with Crippen LogP contribution in [0.4, 0.5) is 4.79 Å². The van der Waals surface area contributed by atoms with Crippen LogP contribution in [-0.2, 0) is 14.3 Å². The van der Waals surface area contributed by atoms with Crippen molar-refractivity contribution in [3.8, 4) is 0 Å². The van der Waals surface area contributed by atoms with Crippen molar-refractivity contribution < 1.29 is 24.2 Å². The van der Waals surface area contributed by atoms with Crippen LogP contribution in [-0.4, -0.2) is 52.0 Å². The van der Waals surface area contributed by atoms with Crippen molar-refractivity contribution in [2.75, 3.05) is 6.54 Å². The van der Waals surface area contributed by atoms with E-state index in [1.807, 2.05) is 20.8 Å². The molecule has 0 aromatic rings. The molecule has 2 aliphatic heterocycles. The molecular formula is C18H25NO5. The number of piperidine rings is 1. The number of likely N-dealkylation sites (tertiary alicyclic amines) is 1. The molecule has 3 aliphatic rings. The van der Waals surface area contributed by atoms with E-state index in [1.165, 1.54) is 6.08 Å². The third kappa shape index (κ3) is 3.07. The van der Waals surface area contributed by atoms with Crippen LogP contribution in [0.2, 0.25) is 0 Å². The summed E-state index contributed by atoms with van der Waals surface area (Å²) in [6.07, 6.45) is 6.57. The van der Waals surface area contributed by atoms with Gasteiger partial charge in [0.1, 0.15) is 5.60 Å². The molecular weight excluding hydrogens is 310 g/mol. The number of nitrogens with zero attached hydrogens (tertiary/aromatic N) is 1. The SMILES string of the molecule is CC(C)(C)OC(=O)N1CCCC[C@H]1[C@]12C[C@@H](O)C=CC1=CC(=O)O2. The summed E-state index contributed by atoms with van der Waals surface area (Å²) < 4.78 is 11.2. The summed E-state index contributed by atoms with van der Waals surface area (Å²) >= 11 is 0. The molecule has 0 spiro atoms. The molecule has 0 radical (unpaired) electrons. The summed E-state index contributed by atoms with van der Waals surface area (Å²) in [6, 6.07) is -0.321. The summed E-state index contributed by atoms with van der Waals surface area (Å²) in [4.78, 5) is 26.3. The molecule has 0 bridgehead atoms. The van der Waals surface area contributed by atoms with E-state index >= 15 is 0 Å². The Morgan fingerprint density at radius 3 is 2.88 bits per heavy atom. The van der Waals surface area contributed by atoms with Gasteiger partial charge in [-0.25, -0.2) is 9.59 Å². The van der Waals surface area contributed by atoms with E-state index in [-0.39, 0.29) is 12.5 Å². The number of hydrogen-bond acceptors (Lipinski definition) is 5. The van der Waals surface area contributed by atoms with Gasteiger partial charge in [0.05, 0.1) is 12.1 Å². The third-order valence-corrected chi connectivity index (χ3v) is 4.72. The first-order chi connectivity index (χ1) is 11.2. The number of hydrogen-bond donors (Lipinski definition) is 1. The van der Waals surface area contributed by atoms with Gasteiger partial charge < -0.3 is 19.5 Å². The zero-order valence-corrected chi connectivity index (χ0v) is 14.4. The predicted molar refractivity (Wildman–Crippen MR) is 87.2 cm³/mol. The summed E-state index contributed by atoms with van der Waals surface area (Å²) in [6.45, 7) is 6.05. The highest BCUT2D eigenvalue weighted by molar-refractivity contribution is 5.88. The first-order valence-corrected chi connectivity index (χ1v) is 8.52. The van der Waals surface area contributed by atoms with Crippen molar-refractivity contribution >= 4 is 12.1 Å². The molecule has 24 heavy (non-hydrogen) atoms. The van der Waals surface area contributed by atoms with Crippen LogP contribution in [0.1, 0.15) is 46.5 Å². The van der Waals surface area contributed by atoms with E-state index in [0.717, 1.165) is 18.4 Å². The highest BCUT2D eigenvalue weighted by Gasteiger charge is 2.54. The second-order valence-electron chi connectivity index (χ2n) is 7.73. The van der Waals surface area contributed by atoms with E-state index in [0.29, 0.717) is 13.0 Å². The maximum Gasteiger partial charge on any atom is 0.410 e. The number of ether oxygens (including phenoxy) is 2. The Hall–Kier alpha value is -1.82. The fraction of sp³-hybridized carbons (Fsp3) is 0.667. The van der Waals surface area contributed by atoms with Crippen molar-refractivity contribution in [1.29, 1.82) is 0 Å². The number of amides is 1. The van der Waals surface area contributed by atoms with E-state index in [1.54, 1.807) is 17.1 Å². The lowest BCUT2D eigenvalue weighted by atomic mass is 9.75. The van der Waals surface area contributed by atoms with Crippen LogP contribution in [0.15, 0.2) is 23.8 Å². The minimum atomic E-state index is -0.970. The van der Waals surface area contributed by atoms with E-state index < -0.39 is 29.4 Å². The van der Waals surface area contributed by atoms with Gasteiger partial charge in [-0.05, 0) is 40.0 Å². The molecule has 6 heteroatoms. The third-order valence-electron chi connectivity index (χ3n) is 4.72. The standard InChI is InChI=1S/C18H25NO5/c1-17(2,3)24-16(22)19-9-5-4-6-14(19)18-11-13(20)8-7-12(18)10-15(21)23-18/h7-8,10,13-14,20H,4-6,9,11H2,1-3H3/t13-,14-,18-/m0/s1. The van der Waals surface area contributed by atoms with Crippen LogP contribution >= 0.6 is 0 Å². The molecule has 1 N–H and O–H groups in total. The predicted octanol–water partition coefficient (Wildman–Crippen LogP) is 2.32. The zero-order valence-electron chi connectivity index (χ0n) is 14.4.